The van der Waals surface area contributed by atoms with Crippen LogP contribution >= 0.6 is 0 Å². The van der Waals surface area contributed by atoms with Crippen LogP contribution in [0.1, 0.15) is 39.5 Å². The van der Waals surface area contributed by atoms with Crippen molar-refractivity contribution >= 4 is 0 Å². The molecule has 0 spiro atoms. The first-order valence-corrected chi connectivity index (χ1v) is 6.81. The minimum atomic E-state index is 0.475. The molecule has 2 atom stereocenters. The van der Waals surface area contributed by atoms with Crippen molar-refractivity contribution < 1.29 is 4.74 Å². The summed E-state index contributed by atoms with van der Waals surface area (Å²) in [7, 11) is 2.06. The van der Waals surface area contributed by atoms with Gasteiger partial charge in [-0.05, 0) is 39.3 Å². The summed E-state index contributed by atoms with van der Waals surface area (Å²) in [6.07, 6.45) is 5.34. The zero-order valence-electron chi connectivity index (χ0n) is 11.2. The molecule has 1 aliphatic rings. The number of piperidine rings is 1. The van der Waals surface area contributed by atoms with Gasteiger partial charge in [0.05, 0.1) is 6.10 Å². The molecule has 1 fully saturated rings. The Morgan fingerprint density at radius 3 is 2.88 bits per heavy atom. The lowest BCUT2D eigenvalue weighted by Crippen LogP contribution is -2.46. The van der Waals surface area contributed by atoms with Gasteiger partial charge in [-0.1, -0.05) is 13.8 Å². The van der Waals surface area contributed by atoms with Gasteiger partial charge in [0.1, 0.15) is 0 Å². The summed E-state index contributed by atoms with van der Waals surface area (Å²) in [4.78, 5) is 2.55. The second-order valence-corrected chi connectivity index (χ2v) is 4.79. The number of rotatable bonds is 7. The van der Waals surface area contributed by atoms with Crippen LogP contribution < -0.4 is 5.32 Å². The average molecular weight is 228 g/mol. The van der Waals surface area contributed by atoms with E-state index in [9.17, 15) is 0 Å². The zero-order chi connectivity index (χ0) is 11.8. The molecule has 1 aliphatic heterocycles. The fraction of sp³-hybridized carbons (Fsp3) is 1.00. The van der Waals surface area contributed by atoms with E-state index in [-0.39, 0.29) is 0 Å². The Labute approximate surface area is 101 Å². The third-order valence-corrected chi connectivity index (χ3v) is 3.40. The number of nitrogens with zero attached hydrogens (tertiary/aromatic N) is 1. The average Bonchev–Trinajstić information content (AvgIpc) is 2.34. The summed E-state index contributed by atoms with van der Waals surface area (Å²) in [5.41, 5.74) is 0. The molecule has 0 aromatic carbocycles. The summed E-state index contributed by atoms with van der Waals surface area (Å²) in [5, 5.41) is 3.37. The van der Waals surface area contributed by atoms with Crippen LogP contribution in [0.15, 0.2) is 0 Å². The predicted octanol–water partition coefficient (Wildman–Crippen LogP) is 1.88. The van der Waals surface area contributed by atoms with Crippen LogP contribution in [0.5, 0.6) is 0 Å². The number of hydrogen-bond donors (Lipinski definition) is 1. The SMILES string of the molecule is CCCOC1CCCN(CC(CC)NC)C1. The second-order valence-electron chi connectivity index (χ2n) is 4.79. The van der Waals surface area contributed by atoms with Gasteiger partial charge in [0.2, 0.25) is 0 Å². The van der Waals surface area contributed by atoms with E-state index in [2.05, 4.69) is 31.1 Å². The molecule has 1 saturated heterocycles. The van der Waals surface area contributed by atoms with E-state index in [0.29, 0.717) is 12.1 Å². The van der Waals surface area contributed by atoms with Crippen LogP contribution in [0.2, 0.25) is 0 Å². The Kier molecular flexibility index (Phi) is 7.01. The van der Waals surface area contributed by atoms with Gasteiger partial charge in [0, 0.05) is 25.7 Å². The molecule has 1 N–H and O–H groups in total. The van der Waals surface area contributed by atoms with E-state index >= 15 is 0 Å². The fourth-order valence-electron chi connectivity index (χ4n) is 2.34. The molecule has 0 aliphatic carbocycles. The van der Waals surface area contributed by atoms with Crippen LogP contribution in [-0.4, -0.2) is 50.3 Å². The van der Waals surface area contributed by atoms with Crippen molar-refractivity contribution in [3.63, 3.8) is 0 Å². The molecule has 0 amide bonds. The van der Waals surface area contributed by atoms with E-state index in [1.807, 2.05) is 0 Å². The molecule has 0 aromatic heterocycles. The highest BCUT2D eigenvalue weighted by Gasteiger charge is 2.21. The van der Waals surface area contributed by atoms with E-state index < -0.39 is 0 Å². The zero-order valence-corrected chi connectivity index (χ0v) is 11.2. The first kappa shape index (κ1) is 13.9. The van der Waals surface area contributed by atoms with Gasteiger partial charge in [-0.15, -0.1) is 0 Å². The minimum absolute atomic E-state index is 0.475. The lowest BCUT2D eigenvalue weighted by Gasteiger charge is -2.34. The molecule has 16 heavy (non-hydrogen) atoms. The quantitative estimate of drug-likeness (QED) is 0.720. The van der Waals surface area contributed by atoms with Crippen molar-refractivity contribution in [2.45, 2.75) is 51.7 Å². The van der Waals surface area contributed by atoms with Crippen molar-refractivity contribution in [3.8, 4) is 0 Å². The van der Waals surface area contributed by atoms with E-state index in [0.717, 1.165) is 19.6 Å². The van der Waals surface area contributed by atoms with Crippen LogP contribution in [0.25, 0.3) is 0 Å². The maximum atomic E-state index is 5.85. The minimum Gasteiger partial charge on any atom is -0.377 e. The molecule has 0 aromatic rings. The molecular weight excluding hydrogens is 200 g/mol. The Hall–Kier alpha value is -0.120. The number of likely N-dealkylation sites (tertiary alicyclic amines) is 1. The summed E-state index contributed by atoms with van der Waals surface area (Å²) in [6, 6.07) is 0.630. The molecule has 3 heteroatoms. The number of hydrogen-bond acceptors (Lipinski definition) is 3. The van der Waals surface area contributed by atoms with Crippen LogP contribution in [0.3, 0.4) is 0 Å². The highest BCUT2D eigenvalue weighted by molar-refractivity contribution is 4.77. The van der Waals surface area contributed by atoms with Gasteiger partial charge >= 0.3 is 0 Å². The smallest absolute Gasteiger partial charge is 0.0702 e. The summed E-state index contributed by atoms with van der Waals surface area (Å²) in [5.74, 6) is 0. The maximum Gasteiger partial charge on any atom is 0.0702 e. The number of likely N-dealkylation sites (N-methyl/N-ethyl adjacent to an activating group) is 1. The largest absolute Gasteiger partial charge is 0.377 e. The van der Waals surface area contributed by atoms with Crippen molar-refractivity contribution in [2.24, 2.45) is 0 Å². The van der Waals surface area contributed by atoms with Gasteiger partial charge < -0.3 is 10.1 Å². The predicted molar refractivity (Wildman–Crippen MR) is 68.8 cm³/mol. The normalized spacial score (nSPS) is 24.6. The van der Waals surface area contributed by atoms with E-state index in [4.69, 9.17) is 4.74 Å². The molecule has 1 rings (SSSR count). The second kappa shape index (κ2) is 8.04. The molecule has 0 radical (unpaired) electrons. The van der Waals surface area contributed by atoms with Gasteiger partial charge in [0.15, 0.2) is 0 Å². The Balaban J connectivity index is 2.26. The molecular formula is C13H28N2O. The van der Waals surface area contributed by atoms with Crippen LogP contribution in [0.4, 0.5) is 0 Å². The lowest BCUT2D eigenvalue weighted by atomic mass is 10.1. The number of ether oxygens (including phenoxy) is 1. The monoisotopic (exact) mass is 228 g/mol. The first-order chi connectivity index (χ1) is 7.80. The standard InChI is InChI=1S/C13H28N2O/c1-4-9-16-13-7-6-8-15(11-13)10-12(5-2)14-3/h12-14H,4-11H2,1-3H3. The molecule has 0 bridgehead atoms. The van der Waals surface area contributed by atoms with Crippen molar-refractivity contribution in [1.29, 1.82) is 0 Å². The molecule has 0 saturated carbocycles. The van der Waals surface area contributed by atoms with Crippen molar-refractivity contribution in [2.75, 3.05) is 33.3 Å². The summed E-state index contributed by atoms with van der Waals surface area (Å²) >= 11 is 0. The third-order valence-electron chi connectivity index (χ3n) is 3.40. The topological polar surface area (TPSA) is 24.5 Å². The van der Waals surface area contributed by atoms with Crippen LogP contribution in [0, 0.1) is 0 Å². The summed E-state index contributed by atoms with van der Waals surface area (Å²) < 4.78 is 5.85. The molecule has 1 heterocycles. The Bertz CT molecular complexity index is 171. The lowest BCUT2D eigenvalue weighted by molar-refractivity contribution is -0.00214. The van der Waals surface area contributed by atoms with Crippen LogP contribution in [-0.2, 0) is 4.74 Å². The van der Waals surface area contributed by atoms with E-state index in [1.54, 1.807) is 0 Å². The van der Waals surface area contributed by atoms with Gasteiger partial charge in [-0.25, -0.2) is 0 Å². The highest BCUT2D eigenvalue weighted by atomic mass is 16.5. The number of nitrogens with one attached hydrogen (secondary N) is 1. The third kappa shape index (κ3) is 4.81. The highest BCUT2D eigenvalue weighted by Crippen LogP contribution is 2.14. The van der Waals surface area contributed by atoms with Crippen molar-refractivity contribution in [3.05, 3.63) is 0 Å². The Morgan fingerprint density at radius 2 is 2.25 bits per heavy atom. The van der Waals surface area contributed by atoms with Gasteiger partial charge in [-0.2, -0.15) is 0 Å². The molecule has 2 unspecified atom stereocenters. The van der Waals surface area contributed by atoms with Crippen molar-refractivity contribution in [1.82, 2.24) is 10.2 Å². The molecule has 3 nitrogen and oxygen atoms in total. The summed E-state index contributed by atoms with van der Waals surface area (Å²) in [6.45, 7) is 8.87. The Morgan fingerprint density at radius 1 is 1.44 bits per heavy atom. The fourth-order valence-corrected chi connectivity index (χ4v) is 2.34. The maximum absolute atomic E-state index is 5.85. The molecule has 96 valence electrons. The van der Waals surface area contributed by atoms with E-state index in [1.165, 1.54) is 32.4 Å². The van der Waals surface area contributed by atoms with Gasteiger partial charge in [-0.3, -0.25) is 4.90 Å². The van der Waals surface area contributed by atoms with Gasteiger partial charge in [0.25, 0.3) is 0 Å². The first-order valence-electron chi connectivity index (χ1n) is 6.81.